The van der Waals surface area contributed by atoms with E-state index in [4.69, 9.17) is 4.74 Å². The lowest BCUT2D eigenvalue weighted by atomic mass is 10.2. The molecule has 1 heterocycles. The molecule has 1 N–H and O–H groups in total. The fourth-order valence-electron chi connectivity index (χ4n) is 1.93. The average Bonchev–Trinajstić information content (AvgIpc) is 2.52. The van der Waals surface area contributed by atoms with Crippen LogP contribution in [0, 0.1) is 6.92 Å². The van der Waals surface area contributed by atoms with Crippen LogP contribution in [-0.2, 0) is 11.3 Å². The molecule has 1 amide bonds. The second-order valence-electron chi connectivity index (χ2n) is 5.25. The van der Waals surface area contributed by atoms with Crippen molar-refractivity contribution in [3.05, 3.63) is 53.7 Å². The number of carbonyl (C=O) groups excluding carboxylic acids is 1. The molecule has 0 radical (unpaired) electrons. The van der Waals surface area contributed by atoms with Gasteiger partial charge in [0.2, 0.25) is 0 Å². The molecule has 1 aromatic carbocycles. The Morgan fingerprint density at radius 1 is 1.27 bits per heavy atom. The third kappa shape index (κ3) is 4.48. The minimum atomic E-state index is -0.147. The van der Waals surface area contributed by atoms with Crippen molar-refractivity contribution < 1.29 is 9.53 Å². The molecule has 0 fully saturated rings. The zero-order valence-electron chi connectivity index (χ0n) is 13.2. The van der Waals surface area contributed by atoms with Crippen LogP contribution in [0.1, 0.15) is 11.1 Å². The van der Waals surface area contributed by atoms with Gasteiger partial charge in [0.1, 0.15) is 11.6 Å². The molecule has 5 nitrogen and oxygen atoms in total. The molecule has 2 rings (SSSR count). The second-order valence-corrected chi connectivity index (χ2v) is 5.25. The number of carbonyl (C=O) groups is 1. The van der Waals surface area contributed by atoms with Crippen molar-refractivity contribution in [2.24, 2.45) is 0 Å². The van der Waals surface area contributed by atoms with E-state index < -0.39 is 0 Å². The molecule has 0 saturated heterocycles. The van der Waals surface area contributed by atoms with Crippen LogP contribution in [0.25, 0.3) is 0 Å². The predicted octanol–water partition coefficient (Wildman–Crippen LogP) is 2.15. The van der Waals surface area contributed by atoms with Crippen LogP contribution in [0.3, 0.4) is 0 Å². The highest BCUT2D eigenvalue weighted by molar-refractivity contribution is 5.77. The Bertz CT molecular complexity index is 641. The fourth-order valence-corrected chi connectivity index (χ4v) is 1.93. The lowest BCUT2D eigenvalue weighted by Gasteiger charge is -2.13. The number of nitrogens with zero attached hydrogens (tertiary/aromatic N) is 2. The van der Waals surface area contributed by atoms with Gasteiger partial charge < -0.3 is 15.0 Å². The fraction of sp³-hybridized carbons (Fsp3) is 0.294. The van der Waals surface area contributed by atoms with Gasteiger partial charge in [-0.25, -0.2) is 4.98 Å². The number of aromatic nitrogens is 1. The summed E-state index contributed by atoms with van der Waals surface area (Å²) in [5, 5.41) is 2.84. The summed E-state index contributed by atoms with van der Waals surface area (Å²) in [4.78, 5) is 18.0. The van der Waals surface area contributed by atoms with Crippen LogP contribution >= 0.6 is 0 Å². The molecule has 2 aromatic rings. The van der Waals surface area contributed by atoms with Gasteiger partial charge in [0.05, 0.1) is 0 Å². The molecule has 1 aromatic heterocycles. The number of anilines is 1. The monoisotopic (exact) mass is 299 g/mol. The van der Waals surface area contributed by atoms with E-state index in [1.165, 1.54) is 0 Å². The van der Waals surface area contributed by atoms with Gasteiger partial charge in [-0.1, -0.05) is 18.2 Å². The summed E-state index contributed by atoms with van der Waals surface area (Å²) >= 11 is 0. The quantitative estimate of drug-likeness (QED) is 0.888. The normalized spacial score (nSPS) is 10.1. The van der Waals surface area contributed by atoms with Gasteiger partial charge in [-0.2, -0.15) is 0 Å². The van der Waals surface area contributed by atoms with Crippen LogP contribution < -0.4 is 15.0 Å². The van der Waals surface area contributed by atoms with Gasteiger partial charge in [-0.3, -0.25) is 4.79 Å². The molecule has 116 valence electrons. The molecule has 22 heavy (non-hydrogen) atoms. The summed E-state index contributed by atoms with van der Waals surface area (Å²) in [6, 6.07) is 11.5. The van der Waals surface area contributed by atoms with Crippen LogP contribution in [0.2, 0.25) is 0 Å². The number of amides is 1. The zero-order chi connectivity index (χ0) is 15.9. The van der Waals surface area contributed by atoms with Crippen LogP contribution in [0.5, 0.6) is 5.75 Å². The molecular weight excluding hydrogens is 278 g/mol. The molecule has 0 saturated carbocycles. The van der Waals surface area contributed by atoms with Gasteiger partial charge in [0.15, 0.2) is 6.61 Å². The topological polar surface area (TPSA) is 54.5 Å². The van der Waals surface area contributed by atoms with Gasteiger partial charge in [-0.05, 0) is 36.2 Å². The largest absolute Gasteiger partial charge is 0.484 e. The molecule has 5 heteroatoms. The van der Waals surface area contributed by atoms with Crippen molar-refractivity contribution in [1.29, 1.82) is 0 Å². The number of rotatable bonds is 6. The molecule has 0 aliphatic heterocycles. The molecule has 0 aliphatic rings. The van der Waals surface area contributed by atoms with Crippen molar-refractivity contribution in [2.45, 2.75) is 13.5 Å². The number of benzene rings is 1. The Morgan fingerprint density at radius 3 is 2.77 bits per heavy atom. The third-order valence-electron chi connectivity index (χ3n) is 3.21. The smallest absolute Gasteiger partial charge is 0.258 e. The first-order valence-electron chi connectivity index (χ1n) is 7.13. The van der Waals surface area contributed by atoms with Crippen molar-refractivity contribution in [3.63, 3.8) is 0 Å². The third-order valence-corrected chi connectivity index (χ3v) is 3.21. The Morgan fingerprint density at radius 2 is 2.05 bits per heavy atom. The number of hydrogen-bond donors (Lipinski definition) is 1. The van der Waals surface area contributed by atoms with Crippen LogP contribution in [0.4, 0.5) is 5.82 Å². The Labute approximate surface area is 130 Å². The van der Waals surface area contributed by atoms with Gasteiger partial charge >= 0.3 is 0 Å². The summed E-state index contributed by atoms with van der Waals surface area (Å²) in [6.07, 6.45) is 1.74. The van der Waals surface area contributed by atoms with Crippen molar-refractivity contribution >= 4 is 11.7 Å². The first kappa shape index (κ1) is 15.8. The maximum atomic E-state index is 11.9. The second kappa shape index (κ2) is 7.45. The molecule has 0 aliphatic carbocycles. The van der Waals surface area contributed by atoms with E-state index in [9.17, 15) is 4.79 Å². The summed E-state index contributed by atoms with van der Waals surface area (Å²) in [5.74, 6) is 1.45. The number of para-hydroxylation sites is 1. The molecule has 0 spiro atoms. The summed E-state index contributed by atoms with van der Waals surface area (Å²) in [5.41, 5.74) is 2.02. The van der Waals surface area contributed by atoms with E-state index in [1.807, 2.05) is 62.3 Å². The highest BCUT2D eigenvalue weighted by Crippen LogP contribution is 2.15. The highest BCUT2D eigenvalue weighted by Gasteiger charge is 2.05. The van der Waals surface area contributed by atoms with E-state index in [1.54, 1.807) is 6.20 Å². The van der Waals surface area contributed by atoms with E-state index in [2.05, 4.69) is 10.3 Å². The van der Waals surface area contributed by atoms with Crippen molar-refractivity contribution in [3.8, 4) is 5.75 Å². The standard InChI is InChI=1S/C17H21N3O2/c1-13-6-4-5-7-15(13)22-12-17(21)19-11-14-8-9-18-16(10-14)20(2)3/h4-10H,11-12H2,1-3H3,(H,19,21). The molecule has 0 bridgehead atoms. The van der Waals surface area contributed by atoms with Gasteiger partial charge in [0, 0.05) is 26.8 Å². The van der Waals surface area contributed by atoms with Crippen molar-refractivity contribution in [2.75, 3.05) is 25.6 Å². The van der Waals surface area contributed by atoms with E-state index in [0.29, 0.717) is 6.54 Å². The highest BCUT2D eigenvalue weighted by atomic mass is 16.5. The molecule has 0 unspecified atom stereocenters. The SMILES string of the molecule is Cc1ccccc1OCC(=O)NCc1ccnc(N(C)C)c1. The number of aryl methyl sites for hydroxylation is 1. The first-order chi connectivity index (χ1) is 10.6. The van der Waals surface area contributed by atoms with Crippen LogP contribution in [0.15, 0.2) is 42.6 Å². The van der Waals surface area contributed by atoms with Gasteiger partial charge in [0.25, 0.3) is 5.91 Å². The summed E-state index contributed by atoms with van der Waals surface area (Å²) in [6.45, 7) is 2.42. The Kier molecular flexibility index (Phi) is 5.36. The Balaban J connectivity index is 1.83. The Hall–Kier alpha value is -2.56. The average molecular weight is 299 g/mol. The first-order valence-corrected chi connectivity index (χ1v) is 7.13. The number of ether oxygens (including phenoxy) is 1. The predicted molar refractivity (Wildman–Crippen MR) is 87.1 cm³/mol. The number of nitrogens with one attached hydrogen (secondary N) is 1. The van der Waals surface area contributed by atoms with E-state index in [0.717, 1.165) is 22.7 Å². The van der Waals surface area contributed by atoms with E-state index >= 15 is 0 Å². The number of hydrogen-bond acceptors (Lipinski definition) is 4. The minimum absolute atomic E-state index is 0.0104. The number of pyridine rings is 1. The lowest BCUT2D eigenvalue weighted by molar-refractivity contribution is -0.123. The van der Waals surface area contributed by atoms with Gasteiger partial charge in [-0.15, -0.1) is 0 Å². The maximum Gasteiger partial charge on any atom is 0.258 e. The van der Waals surface area contributed by atoms with E-state index in [-0.39, 0.29) is 12.5 Å². The maximum absolute atomic E-state index is 11.9. The molecule has 0 atom stereocenters. The minimum Gasteiger partial charge on any atom is -0.484 e. The molecular formula is C17H21N3O2. The lowest BCUT2D eigenvalue weighted by Crippen LogP contribution is -2.28. The zero-order valence-corrected chi connectivity index (χ0v) is 13.2. The van der Waals surface area contributed by atoms with Crippen LogP contribution in [-0.4, -0.2) is 31.6 Å². The summed E-state index contributed by atoms with van der Waals surface area (Å²) < 4.78 is 5.52. The van der Waals surface area contributed by atoms with Crippen molar-refractivity contribution in [1.82, 2.24) is 10.3 Å². The summed E-state index contributed by atoms with van der Waals surface area (Å²) in [7, 11) is 3.86.